The highest BCUT2D eigenvalue weighted by Crippen LogP contribution is 2.09. The molecule has 5 heteroatoms. The Morgan fingerprint density at radius 2 is 2.46 bits per heavy atom. The maximum absolute atomic E-state index is 11.0. The van der Waals surface area contributed by atoms with Crippen LogP contribution >= 0.6 is 0 Å². The Kier molecular flexibility index (Phi) is 2.89. The van der Waals surface area contributed by atoms with Gasteiger partial charge >= 0.3 is 0 Å². The minimum Gasteiger partial charge on any atom is -0.391 e. The van der Waals surface area contributed by atoms with Crippen LogP contribution in [0.1, 0.15) is 20.3 Å². The van der Waals surface area contributed by atoms with Crippen LogP contribution in [0.3, 0.4) is 0 Å². The third-order valence-electron chi connectivity index (χ3n) is 1.88. The number of nitrogens with zero attached hydrogens (tertiary/aromatic N) is 1. The Bertz CT molecular complexity index is 333. The Morgan fingerprint density at radius 3 is 3.08 bits per heavy atom. The van der Waals surface area contributed by atoms with E-state index in [1.54, 1.807) is 0 Å². The summed E-state index contributed by atoms with van der Waals surface area (Å²) in [5.41, 5.74) is 5.35. The molecule has 0 aromatic carbocycles. The van der Waals surface area contributed by atoms with E-state index in [1.165, 1.54) is 6.33 Å². The number of hydrogen-bond donors (Lipinski definition) is 3. The van der Waals surface area contributed by atoms with E-state index in [4.69, 9.17) is 5.73 Å². The lowest BCUT2D eigenvalue weighted by Gasteiger charge is -2.12. The Labute approximate surface area is 76.4 Å². The van der Waals surface area contributed by atoms with Crippen molar-refractivity contribution in [3.63, 3.8) is 0 Å². The van der Waals surface area contributed by atoms with Crippen LogP contribution in [0.25, 0.3) is 0 Å². The Morgan fingerprint density at radius 1 is 1.77 bits per heavy atom. The smallest absolute Gasteiger partial charge is 0.276 e. The Balaban J connectivity index is 2.89. The van der Waals surface area contributed by atoms with Gasteiger partial charge in [-0.3, -0.25) is 4.79 Å². The number of hydrogen-bond acceptors (Lipinski definition) is 4. The second-order valence-electron chi connectivity index (χ2n) is 2.95. The van der Waals surface area contributed by atoms with Crippen LogP contribution in [-0.4, -0.2) is 16.0 Å². The molecule has 0 amide bonds. The van der Waals surface area contributed by atoms with Gasteiger partial charge in [0.15, 0.2) is 5.82 Å². The van der Waals surface area contributed by atoms with Crippen LogP contribution in [0.5, 0.6) is 0 Å². The lowest BCUT2D eigenvalue weighted by molar-refractivity contribution is 0.758. The zero-order valence-corrected chi connectivity index (χ0v) is 7.79. The standard InChI is InChI=1S/C8H14N4O/c1-3-5(2)12-7-6(9)8(13)11-4-10-7/h4-5H,3,9H2,1-2H3,(H2,10,11,12,13). The molecule has 0 saturated heterocycles. The molecule has 0 fully saturated rings. The van der Waals surface area contributed by atoms with Gasteiger partial charge in [0.2, 0.25) is 0 Å². The molecule has 1 aromatic rings. The van der Waals surface area contributed by atoms with Crippen LogP contribution in [0.15, 0.2) is 11.1 Å². The van der Waals surface area contributed by atoms with Crippen molar-refractivity contribution in [1.29, 1.82) is 0 Å². The van der Waals surface area contributed by atoms with E-state index in [0.717, 1.165) is 6.42 Å². The molecule has 0 aliphatic heterocycles. The van der Waals surface area contributed by atoms with Crippen molar-refractivity contribution in [3.8, 4) is 0 Å². The monoisotopic (exact) mass is 182 g/mol. The molecule has 72 valence electrons. The molecular weight excluding hydrogens is 168 g/mol. The van der Waals surface area contributed by atoms with Crippen molar-refractivity contribution in [2.45, 2.75) is 26.3 Å². The average molecular weight is 182 g/mol. The number of H-pyrrole nitrogens is 1. The van der Waals surface area contributed by atoms with Crippen LogP contribution in [0.2, 0.25) is 0 Å². The number of nitrogens with one attached hydrogen (secondary N) is 2. The number of rotatable bonds is 3. The summed E-state index contributed by atoms with van der Waals surface area (Å²) >= 11 is 0. The average Bonchev–Trinajstić information content (AvgIpc) is 2.13. The minimum absolute atomic E-state index is 0.141. The second-order valence-corrected chi connectivity index (χ2v) is 2.95. The lowest BCUT2D eigenvalue weighted by atomic mass is 10.2. The highest BCUT2D eigenvalue weighted by Gasteiger charge is 2.05. The summed E-state index contributed by atoms with van der Waals surface area (Å²) in [5, 5.41) is 3.04. The maximum Gasteiger partial charge on any atom is 0.276 e. The van der Waals surface area contributed by atoms with Crippen LogP contribution < -0.4 is 16.6 Å². The molecular formula is C8H14N4O. The van der Waals surface area contributed by atoms with Gasteiger partial charge in [0.25, 0.3) is 5.56 Å². The minimum atomic E-state index is -0.305. The van der Waals surface area contributed by atoms with Gasteiger partial charge in [-0.2, -0.15) is 0 Å². The van der Waals surface area contributed by atoms with E-state index in [2.05, 4.69) is 15.3 Å². The second kappa shape index (κ2) is 3.93. The largest absolute Gasteiger partial charge is 0.391 e. The molecule has 0 saturated carbocycles. The molecule has 1 atom stereocenters. The molecule has 4 N–H and O–H groups in total. The van der Waals surface area contributed by atoms with Gasteiger partial charge in [-0.25, -0.2) is 4.98 Å². The highest BCUT2D eigenvalue weighted by molar-refractivity contribution is 5.59. The number of anilines is 2. The molecule has 13 heavy (non-hydrogen) atoms. The molecule has 0 aliphatic carbocycles. The normalized spacial score (nSPS) is 12.5. The van der Waals surface area contributed by atoms with E-state index in [0.29, 0.717) is 5.82 Å². The van der Waals surface area contributed by atoms with Crippen LogP contribution in [0, 0.1) is 0 Å². The first-order valence-electron chi connectivity index (χ1n) is 4.24. The van der Waals surface area contributed by atoms with Crippen molar-refractivity contribution in [1.82, 2.24) is 9.97 Å². The van der Waals surface area contributed by atoms with Crippen molar-refractivity contribution in [2.75, 3.05) is 11.1 Å². The number of nitrogens with two attached hydrogens (primary N) is 1. The third-order valence-corrected chi connectivity index (χ3v) is 1.88. The predicted octanol–water partition coefficient (Wildman–Crippen LogP) is 0.562. The molecule has 1 unspecified atom stereocenters. The summed E-state index contributed by atoms with van der Waals surface area (Å²) in [7, 11) is 0. The summed E-state index contributed by atoms with van der Waals surface area (Å²) in [6.45, 7) is 4.04. The zero-order valence-electron chi connectivity index (χ0n) is 7.79. The van der Waals surface area contributed by atoms with Gasteiger partial charge < -0.3 is 16.0 Å². The zero-order chi connectivity index (χ0) is 9.84. The van der Waals surface area contributed by atoms with E-state index in [-0.39, 0.29) is 17.3 Å². The van der Waals surface area contributed by atoms with Gasteiger partial charge in [0, 0.05) is 6.04 Å². The lowest BCUT2D eigenvalue weighted by Crippen LogP contribution is -2.20. The summed E-state index contributed by atoms with van der Waals surface area (Å²) in [4.78, 5) is 17.4. The van der Waals surface area contributed by atoms with E-state index < -0.39 is 0 Å². The molecule has 1 rings (SSSR count). The van der Waals surface area contributed by atoms with Crippen LogP contribution in [0.4, 0.5) is 11.5 Å². The third kappa shape index (κ3) is 2.21. The molecule has 0 aliphatic rings. The number of nitrogen functional groups attached to an aromatic ring is 1. The van der Waals surface area contributed by atoms with Gasteiger partial charge in [-0.1, -0.05) is 6.92 Å². The topological polar surface area (TPSA) is 83.8 Å². The van der Waals surface area contributed by atoms with E-state index in [1.807, 2.05) is 13.8 Å². The van der Waals surface area contributed by atoms with Crippen molar-refractivity contribution in [3.05, 3.63) is 16.7 Å². The maximum atomic E-state index is 11.0. The van der Waals surface area contributed by atoms with Gasteiger partial charge in [0.1, 0.15) is 5.69 Å². The first kappa shape index (κ1) is 9.57. The molecule has 0 radical (unpaired) electrons. The molecule has 1 aromatic heterocycles. The van der Waals surface area contributed by atoms with Gasteiger partial charge in [-0.15, -0.1) is 0 Å². The summed E-state index contributed by atoms with van der Waals surface area (Å²) < 4.78 is 0. The van der Waals surface area contributed by atoms with Gasteiger partial charge in [0.05, 0.1) is 6.33 Å². The van der Waals surface area contributed by atoms with Gasteiger partial charge in [-0.05, 0) is 13.3 Å². The SMILES string of the molecule is CCC(C)Nc1nc[nH]c(=O)c1N. The molecule has 5 nitrogen and oxygen atoms in total. The molecule has 0 spiro atoms. The van der Waals surface area contributed by atoms with E-state index in [9.17, 15) is 4.79 Å². The van der Waals surface area contributed by atoms with Crippen molar-refractivity contribution >= 4 is 11.5 Å². The number of aromatic nitrogens is 2. The summed E-state index contributed by atoms with van der Waals surface area (Å²) in [6.07, 6.45) is 2.29. The summed E-state index contributed by atoms with van der Waals surface area (Å²) in [5.74, 6) is 0.457. The first-order chi connectivity index (χ1) is 6.15. The number of aromatic amines is 1. The van der Waals surface area contributed by atoms with Crippen molar-refractivity contribution in [2.24, 2.45) is 0 Å². The molecule has 1 heterocycles. The van der Waals surface area contributed by atoms with Crippen LogP contribution in [-0.2, 0) is 0 Å². The molecule has 0 bridgehead atoms. The fraction of sp³-hybridized carbons (Fsp3) is 0.500. The summed E-state index contributed by atoms with van der Waals surface area (Å²) in [6, 6.07) is 0.261. The predicted molar refractivity (Wildman–Crippen MR) is 52.6 cm³/mol. The fourth-order valence-corrected chi connectivity index (χ4v) is 0.861. The highest BCUT2D eigenvalue weighted by atomic mass is 16.1. The quantitative estimate of drug-likeness (QED) is 0.637. The Hall–Kier alpha value is -1.52. The fourth-order valence-electron chi connectivity index (χ4n) is 0.861. The first-order valence-corrected chi connectivity index (χ1v) is 4.24. The van der Waals surface area contributed by atoms with E-state index >= 15 is 0 Å². The van der Waals surface area contributed by atoms with Crippen molar-refractivity contribution < 1.29 is 0 Å².